The first kappa shape index (κ1) is 20.6. The maximum Gasteiger partial charge on any atom is 0.254 e. The van der Waals surface area contributed by atoms with E-state index in [9.17, 15) is 0 Å². The van der Waals surface area contributed by atoms with Gasteiger partial charge in [0.05, 0.1) is 5.69 Å². The molecule has 9 heteroatoms. The van der Waals surface area contributed by atoms with Crippen LogP contribution in [0.3, 0.4) is 0 Å². The highest BCUT2D eigenvalue weighted by molar-refractivity contribution is 5.69. The molecule has 6 rings (SSSR count). The summed E-state index contributed by atoms with van der Waals surface area (Å²) in [5.41, 5.74) is 12.8. The molecule has 34 heavy (non-hydrogen) atoms. The summed E-state index contributed by atoms with van der Waals surface area (Å²) in [6.45, 7) is 4.24. The van der Waals surface area contributed by atoms with Crippen molar-refractivity contribution < 1.29 is 0 Å². The van der Waals surface area contributed by atoms with Gasteiger partial charge in [-0.15, -0.1) is 5.10 Å². The van der Waals surface area contributed by atoms with E-state index < -0.39 is 0 Å². The van der Waals surface area contributed by atoms with Crippen LogP contribution < -0.4 is 16.0 Å². The zero-order chi connectivity index (χ0) is 23.1. The molecule has 2 aliphatic rings. The lowest BCUT2D eigenvalue weighted by Gasteiger charge is -2.34. The Hall–Kier alpha value is -3.98. The Morgan fingerprint density at radius 3 is 2.47 bits per heavy atom. The fourth-order valence-corrected chi connectivity index (χ4v) is 4.63. The van der Waals surface area contributed by atoms with Crippen molar-refractivity contribution in [3.8, 4) is 17.2 Å². The number of benzene rings is 2. The van der Waals surface area contributed by atoms with Crippen LogP contribution in [0.15, 0.2) is 54.7 Å². The van der Waals surface area contributed by atoms with Gasteiger partial charge >= 0.3 is 0 Å². The second-order valence-electron chi connectivity index (χ2n) is 8.87. The number of likely N-dealkylation sites (N-methyl/N-ethyl adjacent to an activating group) is 1. The predicted molar refractivity (Wildman–Crippen MR) is 134 cm³/mol. The van der Waals surface area contributed by atoms with E-state index in [-0.39, 0.29) is 5.95 Å². The molecule has 0 bridgehead atoms. The summed E-state index contributed by atoms with van der Waals surface area (Å²) in [6.07, 6.45) is 3.80. The highest BCUT2D eigenvalue weighted by atomic mass is 15.5. The molecule has 2 aromatic heterocycles. The fourth-order valence-electron chi connectivity index (χ4n) is 4.63. The zero-order valence-corrected chi connectivity index (χ0v) is 19.1. The van der Waals surface area contributed by atoms with Crippen LogP contribution in [0.1, 0.15) is 11.1 Å². The highest BCUT2D eigenvalue weighted by Gasteiger charge is 2.20. The van der Waals surface area contributed by atoms with Crippen molar-refractivity contribution in [3.63, 3.8) is 0 Å². The molecule has 9 nitrogen and oxygen atoms in total. The van der Waals surface area contributed by atoms with Gasteiger partial charge in [-0.1, -0.05) is 24.3 Å². The van der Waals surface area contributed by atoms with Gasteiger partial charge in [0.2, 0.25) is 11.9 Å². The number of nitrogen functional groups attached to an aromatic ring is 1. The van der Waals surface area contributed by atoms with E-state index in [4.69, 9.17) is 10.7 Å². The van der Waals surface area contributed by atoms with Crippen LogP contribution in [0.4, 0.5) is 23.3 Å². The third kappa shape index (κ3) is 3.84. The quantitative estimate of drug-likeness (QED) is 0.487. The summed E-state index contributed by atoms with van der Waals surface area (Å²) >= 11 is 0. The highest BCUT2D eigenvalue weighted by Crippen LogP contribution is 2.32. The Morgan fingerprint density at radius 1 is 0.882 bits per heavy atom. The first-order chi connectivity index (χ1) is 16.6. The van der Waals surface area contributed by atoms with Crippen molar-refractivity contribution in [1.82, 2.24) is 29.6 Å². The molecule has 0 radical (unpaired) electrons. The van der Waals surface area contributed by atoms with Crippen molar-refractivity contribution in [2.45, 2.75) is 12.8 Å². The molecule has 3 N–H and O–H groups in total. The number of rotatable bonds is 4. The number of hydrogen-bond donors (Lipinski definition) is 2. The standard InChI is InChI=1S/C25H27N9/c1-32-12-14-33(15-13-32)20-10-8-19(9-11-20)28-24-30-23(26)34(31-24)25-27-16-18-7-6-17-4-2-3-5-21(17)22(18)29-25/h2-5,8-11,16H,6-7,12-15H2,1H3,(H3,26,28,30,31). The van der Waals surface area contributed by atoms with E-state index in [2.05, 4.69) is 67.6 Å². The smallest absolute Gasteiger partial charge is 0.254 e. The van der Waals surface area contributed by atoms with E-state index in [0.29, 0.717) is 11.9 Å². The van der Waals surface area contributed by atoms with Crippen molar-refractivity contribution in [3.05, 3.63) is 65.9 Å². The van der Waals surface area contributed by atoms with Crippen LogP contribution in [0.5, 0.6) is 0 Å². The molecule has 3 heterocycles. The van der Waals surface area contributed by atoms with Crippen LogP contribution in [-0.4, -0.2) is 62.9 Å². The van der Waals surface area contributed by atoms with Gasteiger partial charge in [-0.2, -0.15) is 9.67 Å². The topological polar surface area (TPSA) is 101 Å². The Labute approximate surface area is 198 Å². The van der Waals surface area contributed by atoms with E-state index >= 15 is 0 Å². The average molecular weight is 454 g/mol. The number of nitrogens with zero attached hydrogens (tertiary/aromatic N) is 7. The molecule has 0 amide bonds. The summed E-state index contributed by atoms with van der Waals surface area (Å²) in [5, 5.41) is 7.77. The summed E-state index contributed by atoms with van der Waals surface area (Å²) in [5.74, 6) is 1.06. The minimum absolute atomic E-state index is 0.237. The van der Waals surface area contributed by atoms with Gasteiger partial charge in [0.1, 0.15) is 0 Å². The number of aromatic nitrogens is 5. The van der Waals surface area contributed by atoms with Gasteiger partial charge < -0.3 is 20.9 Å². The normalized spacial score (nSPS) is 15.6. The Morgan fingerprint density at radius 2 is 1.65 bits per heavy atom. The minimum atomic E-state index is 0.237. The molecule has 0 saturated carbocycles. The summed E-state index contributed by atoms with van der Waals surface area (Å²) in [4.78, 5) is 18.5. The summed E-state index contributed by atoms with van der Waals surface area (Å²) in [6, 6.07) is 16.7. The predicted octanol–water partition coefficient (Wildman–Crippen LogP) is 2.90. The van der Waals surface area contributed by atoms with Gasteiger partial charge in [0.15, 0.2) is 0 Å². The number of anilines is 4. The van der Waals surface area contributed by atoms with Gasteiger partial charge in [-0.3, -0.25) is 0 Å². The van der Waals surface area contributed by atoms with E-state index in [0.717, 1.165) is 61.5 Å². The molecule has 1 saturated heterocycles. The third-order valence-electron chi connectivity index (χ3n) is 6.60. The van der Waals surface area contributed by atoms with Crippen molar-refractivity contribution in [2.75, 3.05) is 49.2 Å². The van der Waals surface area contributed by atoms with E-state index in [1.807, 2.05) is 24.4 Å². The average Bonchev–Trinajstić information content (AvgIpc) is 3.24. The number of piperazine rings is 1. The molecule has 2 aromatic carbocycles. The van der Waals surface area contributed by atoms with Gasteiger partial charge in [-0.05, 0) is 55.3 Å². The van der Waals surface area contributed by atoms with Gasteiger partial charge in [0, 0.05) is 49.3 Å². The Balaban J connectivity index is 1.22. The second kappa shape index (κ2) is 8.42. The molecule has 0 unspecified atom stereocenters. The second-order valence-corrected chi connectivity index (χ2v) is 8.87. The van der Waals surface area contributed by atoms with E-state index in [1.165, 1.54) is 15.9 Å². The maximum atomic E-state index is 6.19. The van der Waals surface area contributed by atoms with Crippen LogP contribution >= 0.6 is 0 Å². The molecule has 172 valence electrons. The van der Waals surface area contributed by atoms with E-state index in [1.54, 1.807) is 0 Å². The molecule has 0 spiro atoms. The largest absolute Gasteiger partial charge is 0.369 e. The van der Waals surface area contributed by atoms with Crippen LogP contribution in [0.2, 0.25) is 0 Å². The molecule has 4 aromatic rings. The number of fused-ring (bicyclic) bond motifs is 3. The zero-order valence-electron chi connectivity index (χ0n) is 19.1. The molecular weight excluding hydrogens is 426 g/mol. The Bertz CT molecular complexity index is 1320. The number of nitrogens with one attached hydrogen (secondary N) is 1. The van der Waals surface area contributed by atoms with Crippen LogP contribution in [-0.2, 0) is 12.8 Å². The lowest BCUT2D eigenvalue weighted by atomic mass is 9.90. The minimum Gasteiger partial charge on any atom is -0.369 e. The molecular formula is C25H27N9. The van der Waals surface area contributed by atoms with Gasteiger partial charge in [0.25, 0.3) is 5.95 Å². The lowest BCUT2D eigenvalue weighted by Crippen LogP contribution is -2.44. The summed E-state index contributed by atoms with van der Waals surface area (Å²) in [7, 11) is 2.16. The lowest BCUT2D eigenvalue weighted by molar-refractivity contribution is 0.313. The number of aryl methyl sites for hydroxylation is 2. The first-order valence-corrected chi connectivity index (χ1v) is 11.6. The SMILES string of the molecule is CN1CCN(c2ccc(Nc3nc(N)n(-c4ncc5c(n4)-c4ccccc4CC5)n3)cc2)CC1. The maximum absolute atomic E-state index is 6.19. The third-order valence-corrected chi connectivity index (χ3v) is 6.60. The monoisotopic (exact) mass is 453 g/mol. The molecule has 0 atom stereocenters. The number of nitrogens with two attached hydrogens (primary N) is 1. The van der Waals surface area contributed by atoms with Crippen molar-refractivity contribution >= 4 is 23.3 Å². The molecule has 1 fully saturated rings. The van der Waals surface area contributed by atoms with Crippen molar-refractivity contribution in [1.29, 1.82) is 0 Å². The molecule has 1 aliphatic carbocycles. The van der Waals surface area contributed by atoms with Crippen LogP contribution in [0.25, 0.3) is 17.2 Å². The first-order valence-electron chi connectivity index (χ1n) is 11.6. The fraction of sp³-hybridized carbons (Fsp3) is 0.280. The van der Waals surface area contributed by atoms with Crippen molar-refractivity contribution in [2.24, 2.45) is 0 Å². The van der Waals surface area contributed by atoms with Crippen LogP contribution in [0, 0.1) is 0 Å². The Kier molecular flexibility index (Phi) is 5.10. The number of hydrogen-bond acceptors (Lipinski definition) is 8. The molecule has 1 aliphatic heterocycles. The van der Waals surface area contributed by atoms with Gasteiger partial charge in [-0.25, -0.2) is 9.97 Å². The summed E-state index contributed by atoms with van der Waals surface area (Å²) < 4.78 is 1.48.